The number of amides is 1. The maximum Gasteiger partial charge on any atom is 0.231 e. The van der Waals surface area contributed by atoms with Gasteiger partial charge in [-0.1, -0.05) is 30.4 Å². The molecular formula is C24H28N6O3S. The number of piperazine rings is 1. The van der Waals surface area contributed by atoms with Crippen LogP contribution in [0.25, 0.3) is 11.3 Å². The van der Waals surface area contributed by atoms with Crippen LogP contribution in [0.5, 0.6) is 0 Å². The number of nitrogens with zero attached hydrogens (tertiary/aromatic N) is 5. The lowest BCUT2D eigenvalue weighted by atomic mass is 10.1. The molecule has 178 valence electrons. The van der Waals surface area contributed by atoms with Crippen LogP contribution < -0.4 is 10.2 Å². The third kappa shape index (κ3) is 4.24. The first-order valence-electron chi connectivity index (χ1n) is 11.4. The highest BCUT2D eigenvalue weighted by Gasteiger charge is 2.32. The second-order valence-electron chi connectivity index (χ2n) is 8.88. The van der Waals surface area contributed by atoms with Gasteiger partial charge in [0.05, 0.1) is 23.1 Å². The number of aromatic nitrogens is 2. The fourth-order valence-corrected chi connectivity index (χ4v) is 6.16. The summed E-state index contributed by atoms with van der Waals surface area (Å²) >= 11 is 0. The summed E-state index contributed by atoms with van der Waals surface area (Å²) in [6.45, 7) is 2.55. The number of fused-ring (bicyclic) bond motifs is 3. The predicted molar refractivity (Wildman–Crippen MR) is 132 cm³/mol. The van der Waals surface area contributed by atoms with Gasteiger partial charge in [-0.2, -0.15) is 4.31 Å². The van der Waals surface area contributed by atoms with Crippen LogP contribution in [0.15, 0.2) is 54.4 Å². The summed E-state index contributed by atoms with van der Waals surface area (Å²) in [4.78, 5) is 25.5. The van der Waals surface area contributed by atoms with Gasteiger partial charge >= 0.3 is 0 Å². The molecule has 0 radical (unpaired) electrons. The quantitative estimate of drug-likeness (QED) is 0.713. The Bertz CT molecular complexity index is 1280. The lowest BCUT2D eigenvalue weighted by Crippen LogP contribution is -2.49. The van der Waals surface area contributed by atoms with Gasteiger partial charge in [-0.25, -0.2) is 18.4 Å². The van der Waals surface area contributed by atoms with Crippen LogP contribution in [0, 0.1) is 0 Å². The molecule has 1 aliphatic carbocycles. The van der Waals surface area contributed by atoms with Gasteiger partial charge < -0.3 is 15.1 Å². The number of nitrogens with one attached hydrogen (secondary N) is 1. The van der Waals surface area contributed by atoms with E-state index in [9.17, 15) is 13.2 Å². The molecule has 1 atom stereocenters. The summed E-state index contributed by atoms with van der Waals surface area (Å²) in [6, 6.07) is 7.69. The molecule has 0 bridgehead atoms. The van der Waals surface area contributed by atoms with Crippen molar-refractivity contribution in [1.82, 2.24) is 19.2 Å². The molecule has 2 aliphatic heterocycles. The van der Waals surface area contributed by atoms with Gasteiger partial charge in [0.1, 0.15) is 0 Å². The van der Waals surface area contributed by atoms with E-state index >= 15 is 0 Å². The number of para-hydroxylation sites is 1. The standard InChI is InChI=1S/C24H28N6O3S/c1-28-11-13-30(14-12-28)34(32,33)19-9-7-18(8-10-19)26-24-25-16-17-15-22(31)29(2)21-6-4-3-5-20(21)23(17)27-24/h3-9,16,19H,10-15H2,1-2H3,(H,25,26,27). The van der Waals surface area contributed by atoms with Crippen LogP contribution in [-0.4, -0.2) is 79.0 Å². The predicted octanol–water partition coefficient (Wildman–Crippen LogP) is 1.86. The van der Waals surface area contributed by atoms with Gasteiger partial charge in [-0.3, -0.25) is 4.79 Å². The van der Waals surface area contributed by atoms with Crippen molar-refractivity contribution in [1.29, 1.82) is 0 Å². The van der Waals surface area contributed by atoms with Crippen molar-refractivity contribution in [2.75, 3.05) is 50.5 Å². The molecule has 9 nitrogen and oxygen atoms in total. The summed E-state index contributed by atoms with van der Waals surface area (Å²) in [7, 11) is 0.387. The van der Waals surface area contributed by atoms with Crippen LogP contribution in [0.1, 0.15) is 12.0 Å². The molecule has 1 aromatic carbocycles. The Morgan fingerprint density at radius 2 is 1.85 bits per heavy atom. The second kappa shape index (κ2) is 8.94. The van der Waals surface area contributed by atoms with Crippen LogP contribution in [-0.2, 0) is 21.2 Å². The lowest BCUT2D eigenvalue weighted by molar-refractivity contribution is -0.117. The number of rotatable bonds is 4. The van der Waals surface area contributed by atoms with Crippen molar-refractivity contribution in [2.24, 2.45) is 0 Å². The Balaban J connectivity index is 1.34. The minimum atomic E-state index is -3.39. The van der Waals surface area contributed by atoms with Crippen LogP contribution in [0.2, 0.25) is 0 Å². The molecule has 0 saturated carbocycles. The largest absolute Gasteiger partial charge is 0.324 e. The van der Waals surface area contributed by atoms with Gasteiger partial charge in [-0.05, 0) is 25.6 Å². The molecule has 1 saturated heterocycles. The molecular weight excluding hydrogens is 452 g/mol. The molecule has 1 amide bonds. The summed E-state index contributed by atoms with van der Waals surface area (Å²) in [5.74, 6) is 0.392. The van der Waals surface area contributed by atoms with Crippen molar-refractivity contribution < 1.29 is 13.2 Å². The summed E-state index contributed by atoms with van der Waals surface area (Å²) in [5.41, 5.74) is 3.94. The molecule has 1 aromatic heterocycles. The van der Waals surface area contributed by atoms with E-state index < -0.39 is 15.3 Å². The van der Waals surface area contributed by atoms with Gasteiger partial charge in [0.15, 0.2) is 0 Å². The number of benzene rings is 1. The molecule has 1 N–H and O–H groups in total. The Kier molecular flexibility index (Phi) is 5.97. The minimum absolute atomic E-state index is 0.0129. The van der Waals surface area contributed by atoms with Crippen molar-refractivity contribution >= 4 is 27.6 Å². The van der Waals surface area contributed by atoms with Crippen molar-refractivity contribution in [2.45, 2.75) is 18.1 Å². The maximum atomic E-state index is 13.0. The van der Waals surface area contributed by atoms with Gasteiger partial charge in [0.2, 0.25) is 21.9 Å². The zero-order chi connectivity index (χ0) is 23.9. The minimum Gasteiger partial charge on any atom is -0.324 e. The number of likely N-dealkylation sites (N-methyl/N-ethyl adjacent to an activating group) is 2. The van der Waals surface area contributed by atoms with Crippen molar-refractivity contribution in [3.8, 4) is 11.3 Å². The SMILES string of the molecule is CN1CCN(S(=O)(=O)C2C=CC(Nc3ncc4c(n3)-c3ccccc3N(C)C(=O)C4)=CC2)CC1. The normalized spacial score (nSPS) is 21.5. The van der Waals surface area contributed by atoms with E-state index in [1.54, 1.807) is 34.6 Å². The third-order valence-electron chi connectivity index (χ3n) is 6.62. The van der Waals surface area contributed by atoms with E-state index in [0.717, 1.165) is 41.3 Å². The average Bonchev–Trinajstić information content (AvgIpc) is 2.94. The van der Waals surface area contributed by atoms with E-state index in [2.05, 4.69) is 15.2 Å². The Labute approximate surface area is 199 Å². The molecule has 0 spiro atoms. The molecule has 1 fully saturated rings. The number of hydrogen-bond donors (Lipinski definition) is 1. The molecule has 3 aliphatic rings. The van der Waals surface area contributed by atoms with Crippen LogP contribution in [0.4, 0.5) is 11.6 Å². The topological polar surface area (TPSA) is 98.7 Å². The molecule has 2 aromatic rings. The highest BCUT2D eigenvalue weighted by Crippen LogP contribution is 2.35. The van der Waals surface area contributed by atoms with Crippen LogP contribution >= 0.6 is 0 Å². The highest BCUT2D eigenvalue weighted by atomic mass is 32.2. The molecule has 34 heavy (non-hydrogen) atoms. The van der Waals surface area contributed by atoms with Crippen molar-refractivity contribution in [3.63, 3.8) is 0 Å². The number of carbonyl (C=O) groups is 1. The van der Waals surface area contributed by atoms with Gasteiger partial charge in [-0.15, -0.1) is 0 Å². The Morgan fingerprint density at radius 1 is 1.09 bits per heavy atom. The second-order valence-corrected chi connectivity index (χ2v) is 11.0. The third-order valence-corrected chi connectivity index (χ3v) is 8.82. The molecule has 3 heterocycles. The average molecular weight is 481 g/mol. The monoisotopic (exact) mass is 480 g/mol. The lowest BCUT2D eigenvalue weighted by Gasteiger charge is -2.33. The zero-order valence-corrected chi connectivity index (χ0v) is 20.1. The first-order chi connectivity index (χ1) is 16.3. The number of carbonyl (C=O) groups excluding carboxylic acids is 1. The zero-order valence-electron chi connectivity index (χ0n) is 19.3. The first kappa shape index (κ1) is 22.7. The summed E-state index contributed by atoms with van der Waals surface area (Å²) < 4.78 is 27.6. The van der Waals surface area contributed by atoms with Gasteiger partial charge in [0, 0.05) is 56.2 Å². The molecule has 10 heteroatoms. The maximum absolute atomic E-state index is 13.0. The Hall–Kier alpha value is -3.08. The Morgan fingerprint density at radius 3 is 2.59 bits per heavy atom. The number of allylic oxidation sites excluding steroid dienone is 2. The summed E-state index contributed by atoms with van der Waals surface area (Å²) in [5, 5.41) is 2.63. The van der Waals surface area contributed by atoms with Crippen molar-refractivity contribution in [3.05, 3.63) is 60.0 Å². The summed E-state index contributed by atoms with van der Waals surface area (Å²) in [6.07, 6.45) is 7.70. The molecule has 5 rings (SSSR count). The van der Waals surface area contributed by atoms with E-state index in [4.69, 9.17) is 4.98 Å². The first-order valence-corrected chi connectivity index (χ1v) is 12.9. The van der Waals surface area contributed by atoms with E-state index in [1.165, 1.54) is 0 Å². The van der Waals surface area contributed by atoms with Gasteiger partial charge in [0.25, 0.3) is 0 Å². The number of sulfonamides is 1. The van der Waals surface area contributed by atoms with E-state index in [0.29, 0.717) is 25.5 Å². The van der Waals surface area contributed by atoms with E-state index in [-0.39, 0.29) is 12.3 Å². The van der Waals surface area contributed by atoms with E-state index in [1.807, 2.05) is 37.4 Å². The fourth-order valence-electron chi connectivity index (χ4n) is 4.49. The molecule has 1 unspecified atom stereocenters. The number of anilines is 2. The number of hydrogen-bond acceptors (Lipinski definition) is 7. The van der Waals surface area contributed by atoms with Crippen LogP contribution in [0.3, 0.4) is 0 Å². The fraction of sp³-hybridized carbons (Fsp3) is 0.375. The smallest absolute Gasteiger partial charge is 0.231 e. The highest BCUT2D eigenvalue weighted by molar-refractivity contribution is 7.89.